The van der Waals surface area contributed by atoms with E-state index in [1.54, 1.807) is 0 Å². The quantitative estimate of drug-likeness (QED) is 0.678. The Morgan fingerprint density at radius 2 is 1.62 bits per heavy atom. The Bertz CT molecular complexity index is 429. The number of nitrogens with one attached hydrogen (secondary N) is 2. The van der Waals surface area contributed by atoms with E-state index in [4.69, 9.17) is 9.47 Å². The van der Waals surface area contributed by atoms with Crippen molar-refractivity contribution in [2.75, 3.05) is 37.2 Å². The molecule has 0 radical (unpaired) electrons. The average Bonchev–Trinajstić information content (AvgIpc) is 2.53. The third-order valence-corrected chi connectivity index (χ3v) is 7.68. The van der Waals surface area contributed by atoms with Crippen molar-refractivity contribution in [2.45, 2.75) is 82.8 Å². The van der Waals surface area contributed by atoms with Crippen LogP contribution in [0.25, 0.3) is 0 Å². The molecular weight excluding hydrogens is 364 g/mol. The molecule has 2 heterocycles. The first-order chi connectivity index (χ1) is 12.1. The van der Waals surface area contributed by atoms with Crippen LogP contribution < -0.4 is 10.6 Å². The molecule has 2 N–H and O–H groups in total. The molecule has 6 heteroatoms. The van der Waals surface area contributed by atoms with Crippen LogP contribution in [0.5, 0.6) is 0 Å². The summed E-state index contributed by atoms with van der Waals surface area (Å²) in [6.45, 7) is 11.4. The SMILES string of the molecule is COC1CSCCC1NC(C)(C)CC1CSCC(NC(C)(C)C)C1OC. The predicted octanol–water partition coefficient (Wildman–Crippen LogP) is 3.40. The van der Waals surface area contributed by atoms with Crippen molar-refractivity contribution in [1.82, 2.24) is 10.6 Å². The zero-order valence-electron chi connectivity index (χ0n) is 17.8. The van der Waals surface area contributed by atoms with Crippen LogP contribution in [0, 0.1) is 5.92 Å². The van der Waals surface area contributed by atoms with Gasteiger partial charge in [-0.05, 0) is 64.9 Å². The van der Waals surface area contributed by atoms with Crippen LogP contribution in [0.3, 0.4) is 0 Å². The normalized spacial score (nSPS) is 34.0. The smallest absolute Gasteiger partial charge is 0.0814 e. The van der Waals surface area contributed by atoms with Crippen molar-refractivity contribution in [3.8, 4) is 0 Å². The van der Waals surface area contributed by atoms with Gasteiger partial charge in [0.2, 0.25) is 0 Å². The van der Waals surface area contributed by atoms with Crippen LogP contribution in [0.1, 0.15) is 47.5 Å². The maximum absolute atomic E-state index is 6.01. The molecule has 5 atom stereocenters. The van der Waals surface area contributed by atoms with E-state index >= 15 is 0 Å². The van der Waals surface area contributed by atoms with Crippen LogP contribution in [0.2, 0.25) is 0 Å². The lowest BCUT2D eigenvalue weighted by Crippen LogP contribution is -2.59. The summed E-state index contributed by atoms with van der Waals surface area (Å²) in [6, 6.07) is 0.870. The highest BCUT2D eigenvalue weighted by Gasteiger charge is 2.39. The number of ether oxygens (including phenoxy) is 2. The summed E-state index contributed by atoms with van der Waals surface area (Å²) in [6.07, 6.45) is 2.91. The van der Waals surface area contributed by atoms with Crippen molar-refractivity contribution >= 4 is 23.5 Å². The Morgan fingerprint density at radius 1 is 0.885 bits per heavy atom. The van der Waals surface area contributed by atoms with Gasteiger partial charge in [-0.1, -0.05) is 0 Å². The van der Waals surface area contributed by atoms with Gasteiger partial charge in [-0.3, -0.25) is 0 Å². The molecule has 2 fully saturated rings. The first-order valence-corrected chi connectivity index (χ1v) is 12.2. The zero-order valence-corrected chi connectivity index (χ0v) is 19.4. The van der Waals surface area contributed by atoms with Crippen molar-refractivity contribution in [3.05, 3.63) is 0 Å². The molecule has 5 unspecified atom stereocenters. The molecule has 0 aromatic rings. The molecule has 4 nitrogen and oxygen atoms in total. The zero-order chi connectivity index (χ0) is 19.4. The molecule has 0 spiro atoms. The molecule has 0 bridgehead atoms. The van der Waals surface area contributed by atoms with Crippen molar-refractivity contribution in [3.63, 3.8) is 0 Å². The van der Waals surface area contributed by atoms with Gasteiger partial charge < -0.3 is 20.1 Å². The predicted molar refractivity (Wildman–Crippen MR) is 117 cm³/mol. The first-order valence-electron chi connectivity index (χ1n) is 9.91. The topological polar surface area (TPSA) is 42.5 Å². The van der Waals surface area contributed by atoms with Gasteiger partial charge >= 0.3 is 0 Å². The molecule has 0 amide bonds. The van der Waals surface area contributed by atoms with E-state index in [2.05, 4.69) is 57.0 Å². The summed E-state index contributed by atoms with van der Waals surface area (Å²) in [5.74, 6) is 5.19. The first kappa shape index (κ1) is 22.8. The minimum absolute atomic E-state index is 0.0785. The average molecular weight is 405 g/mol. The maximum atomic E-state index is 6.01. The monoisotopic (exact) mass is 404 g/mol. The lowest BCUT2D eigenvalue weighted by molar-refractivity contribution is 0.0102. The van der Waals surface area contributed by atoms with E-state index in [0.717, 1.165) is 17.9 Å². The minimum Gasteiger partial charge on any atom is -0.379 e. The molecular formula is C20H40N2O2S2. The molecule has 2 rings (SSSR count). The third kappa shape index (κ3) is 6.85. The Morgan fingerprint density at radius 3 is 2.23 bits per heavy atom. The molecule has 0 aliphatic carbocycles. The molecule has 0 saturated carbocycles. The molecule has 0 aromatic heterocycles. The van der Waals surface area contributed by atoms with Crippen LogP contribution in [0.15, 0.2) is 0 Å². The van der Waals surface area contributed by atoms with Crippen LogP contribution in [-0.2, 0) is 9.47 Å². The Hall–Kier alpha value is 0.540. The summed E-state index contributed by atoms with van der Waals surface area (Å²) in [7, 11) is 3.73. The summed E-state index contributed by atoms with van der Waals surface area (Å²) in [5, 5.41) is 7.71. The Kier molecular flexibility index (Phi) is 8.64. The van der Waals surface area contributed by atoms with Gasteiger partial charge in [0, 0.05) is 48.9 Å². The fraction of sp³-hybridized carbons (Fsp3) is 1.00. The van der Waals surface area contributed by atoms with Gasteiger partial charge in [0.25, 0.3) is 0 Å². The fourth-order valence-electron chi connectivity index (χ4n) is 4.40. The maximum Gasteiger partial charge on any atom is 0.0814 e. The molecule has 2 saturated heterocycles. The molecule has 154 valence electrons. The number of hydrogen-bond acceptors (Lipinski definition) is 6. The van der Waals surface area contributed by atoms with Crippen LogP contribution in [-0.4, -0.2) is 72.6 Å². The summed E-state index contributed by atoms with van der Waals surface area (Å²) >= 11 is 4.07. The number of rotatable bonds is 7. The second kappa shape index (κ2) is 9.84. The second-order valence-electron chi connectivity index (χ2n) is 9.48. The lowest BCUT2D eigenvalue weighted by Gasteiger charge is -2.44. The highest BCUT2D eigenvalue weighted by atomic mass is 32.2. The molecule has 2 aliphatic heterocycles. The van der Waals surface area contributed by atoms with E-state index in [1.165, 1.54) is 17.9 Å². The van der Waals surface area contributed by atoms with Crippen molar-refractivity contribution < 1.29 is 9.47 Å². The number of thioether (sulfide) groups is 2. The van der Waals surface area contributed by atoms with Gasteiger partial charge in [-0.15, -0.1) is 0 Å². The van der Waals surface area contributed by atoms with Gasteiger partial charge in [0.1, 0.15) is 0 Å². The van der Waals surface area contributed by atoms with E-state index in [-0.39, 0.29) is 17.2 Å². The van der Waals surface area contributed by atoms with E-state index in [1.807, 2.05) is 26.0 Å². The number of hydrogen-bond donors (Lipinski definition) is 2. The van der Waals surface area contributed by atoms with Crippen LogP contribution >= 0.6 is 23.5 Å². The van der Waals surface area contributed by atoms with E-state index in [0.29, 0.717) is 24.1 Å². The Balaban J connectivity index is 1.99. The summed E-state index contributed by atoms with van der Waals surface area (Å²) in [4.78, 5) is 0. The fourth-order valence-corrected chi connectivity index (χ4v) is 6.86. The number of methoxy groups -OCH3 is 2. The lowest BCUT2D eigenvalue weighted by atomic mass is 9.84. The standard InChI is InChI=1S/C20H40N2O2S2/c1-19(2,3)21-16-12-26-11-14(18(16)24-7)10-20(4,5)22-15-8-9-25-13-17(15)23-6/h14-18,21-22H,8-13H2,1-7H3. The van der Waals surface area contributed by atoms with Crippen molar-refractivity contribution in [2.24, 2.45) is 5.92 Å². The van der Waals surface area contributed by atoms with Gasteiger partial charge in [0.15, 0.2) is 0 Å². The second-order valence-corrected chi connectivity index (χ2v) is 11.7. The minimum atomic E-state index is 0.0785. The van der Waals surface area contributed by atoms with Gasteiger partial charge in [0.05, 0.1) is 12.2 Å². The van der Waals surface area contributed by atoms with Gasteiger partial charge in [-0.25, -0.2) is 0 Å². The molecule has 2 aliphatic rings. The summed E-state index contributed by atoms with van der Waals surface area (Å²) in [5.41, 5.74) is 0.193. The van der Waals surface area contributed by atoms with E-state index in [9.17, 15) is 0 Å². The van der Waals surface area contributed by atoms with Crippen LogP contribution in [0.4, 0.5) is 0 Å². The van der Waals surface area contributed by atoms with E-state index < -0.39 is 0 Å². The summed E-state index contributed by atoms with van der Waals surface area (Å²) < 4.78 is 11.7. The molecule has 0 aromatic carbocycles. The van der Waals surface area contributed by atoms with Crippen molar-refractivity contribution in [1.29, 1.82) is 0 Å². The highest BCUT2D eigenvalue weighted by molar-refractivity contribution is 7.99. The largest absolute Gasteiger partial charge is 0.379 e. The molecule has 26 heavy (non-hydrogen) atoms. The third-order valence-electron chi connectivity index (χ3n) is 5.34. The Labute approximate surface area is 169 Å². The highest BCUT2D eigenvalue weighted by Crippen LogP contribution is 2.33. The van der Waals surface area contributed by atoms with Gasteiger partial charge in [-0.2, -0.15) is 23.5 Å².